The van der Waals surface area contributed by atoms with E-state index in [1.54, 1.807) is 37.3 Å². The molecule has 2 aromatic carbocycles. The quantitative estimate of drug-likeness (QED) is 0.757. The van der Waals surface area contributed by atoms with Crippen LogP contribution < -0.4 is 0 Å². The van der Waals surface area contributed by atoms with Crippen molar-refractivity contribution in [3.63, 3.8) is 0 Å². The number of rotatable bonds is 5. The molecule has 0 N–H and O–H groups in total. The van der Waals surface area contributed by atoms with Crippen molar-refractivity contribution >= 4 is 15.8 Å². The van der Waals surface area contributed by atoms with Crippen molar-refractivity contribution in [3.05, 3.63) is 65.7 Å². The van der Waals surface area contributed by atoms with E-state index in [-0.39, 0.29) is 11.5 Å². The van der Waals surface area contributed by atoms with Gasteiger partial charge in [-0.3, -0.25) is 4.79 Å². The zero-order chi connectivity index (χ0) is 18.9. The first-order chi connectivity index (χ1) is 12.4. The lowest BCUT2D eigenvalue weighted by molar-refractivity contribution is -0.147. The molecule has 0 aliphatic heterocycles. The zero-order valence-electron chi connectivity index (χ0n) is 14.5. The number of hydrogen-bond acceptors (Lipinski definition) is 5. The third kappa shape index (κ3) is 2.69. The Bertz CT molecular complexity index is 961. The second kappa shape index (κ2) is 6.58. The van der Waals surface area contributed by atoms with Gasteiger partial charge in [-0.2, -0.15) is 5.26 Å². The standard InChI is InChI=1S/C20H19NO4S/c1-3-25-19(22)20(13-21)17(15-11-9-14(2)10-12-15)18(20)26(23,24)16-7-5-4-6-8-16/h4-12,17-18H,3H2,1-2H3/t17-,18-,20-/m0/s1. The number of carbonyl (C=O) groups excluding carboxylic acids is 1. The van der Waals surface area contributed by atoms with Crippen LogP contribution in [0.2, 0.25) is 0 Å². The van der Waals surface area contributed by atoms with Gasteiger partial charge in [0.05, 0.1) is 17.6 Å². The predicted octanol–water partition coefficient (Wildman–Crippen LogP) is 3.01. The highest BCUT2D eigenvalue weighted by molar-refractivity contribution is 7.92. The Hall–Kier alpha value is -2.65. The van der Waals surface area contributed by atoms with Gasteiger partial charge in [0.1, 0.15) is 5.25 Å². The largest absolute Gasteiger partial charge is 0.465 e. The molecule has 1 aliphatic carbocycles. The summed E-state index contributed by atoms with van der Waals surface area (Å²) in [6, 6.07) is 17.1. The first kappa shape index (κ1) is 18.2. The SMILES string of the molecule is CCOC(=O)[C@@]1(C#N)[C@@H](c2ccc(C)cc2)[C@@H]1S(=O)(=O)c1ccccc1. The molecule has 1 aliphatic rings. The van der Waals surface area contributed by atoms with Crippen LogP contribution >= 0.6 is 0 Å². The molecule has 3 rings (SSSR count). The van der Waals surface area contributed by atoms with E-state index in [0.29, 0.717) is 5.56 Å². The number of benzene rings is 2. The number of sulfone groups is 1. The highest BCUT2D eigenvalue weighted by Crippen LogP contribution is 2.64. The summed E-state index contributed by atoms with van der Waals surface area (Å²) >= 11 is 0. The molecule has 5 nitrogen and oxygen atoms in total. The van der Waals surface area contributed by atoms with Gasteiger partial charge < -0.3 is 4.74 Å². The lowest BCUT2D eigenvalue weighted by atomic mass is 10.00. The van der Waals surface area contributed by atoms with E-state index in [9.17, 15) is 18.5 Å². The maximum absolute atomic E-state index is 13.2. The molecule has 0 spiro atoms. The summed E-state index contributed by atoms with van der Waals surface area (Å²) in [4.78, 5) is 12.7. The predicted molar refractivity (Wildman–Crippen MR) is 96.0 cm³/mol. The maximum atomic E-state index is 13.2. The van der Waals surface area contributed by atoms with Crippen molar-refractivity contribution in [2.45, 2.75) is 29.9 Å². The number of nitriles is 1. The van der Waals surface area contributed by atoms with Crippen LogP contribution in [0.3, 0.4) is 0 Å². The number of aryl methyl sites for hydroxylation is 1. The van der Waals surface area contributed by atoms with E-state index in [0.717, 1.165) is 5.56 Å². The van der Waals surface area contributed by atoms with Crippen LogP contribution in [0.1, 0.15) is 24.0 Å². The zero-order valence-corrected chi connectivity index (χ0v) is 15.4. The molecule has 0 aromatic heterocycles. The van der Waals surface area contributed by atoms with Gasteiger partial charge in [-0.05, 0) is 31.5 Å². The number of esters is 1. The summed E-state index contributed by atoms with van der Waals surface area (Å²) in [5.74, 6) is -1.53. The number of carbonyl (C=O) groups is 1. The van der Waals surface area contributed by atoms with Gasteiger partial charge in [-0.25, -0.2) is 8.42 Å². The molecule has 0 heterocycles. The number of ether oxygens (including phenoxy) is 1. The minimum atomic E-state index is -3.88. The van der Waals surface area contributed by atoms with E-state index < -0.39 is 32.4 Å². The van der Waals surface area contributed by atoms with Crippen LogP contribution in [0.4, 0.5) is 0 Å². The summed E-state index contributed by atoms with van der Waals surface area (Å²) in [5.41, 5.74) is -0.0646. The maximum Gasteiger partial charge on any atom is 0.328 e. The molecule has 0 saturated heterocycles. The number of nitrogens with zero attached hydrogens (tertiary/aromatic N) is 1. The Morgan fingerprint density at radius 3 is 2.31 bits per heavy atom. The van der Waals surface area contributed by atoms with E-state index >= 15 is 0 Å². The molecule has 0 amide bonds. The summed E-state index contributed by atoms with van der Waals surface area (Å²) in [6.45, 7) is 3.63. The highest BCUT2D eigenvalue weighted by Gasteiger charge is 2.77. The van der Waals surface area contributed by atoms with Crippen LogP contribution in [-0.4, -0.2) is 26.2 Å². The van der Waals surface area contributed by atoms with Gasteiger partial charge in [0.25, 0.3) is 0 Å². The average molecular weight is 369 g/mol. The Morgan fingerprint density at radius 2 is 1.77 bits per heavy atom. The normalized spacial score (nSPS) is 24.5. The molecule has 26 heavy (non-hydrogen) atoms. The fourth-order valence-electron chi connectivity index (χ4n) is 3.42. The van der Waals surface area contributed by atoms with Gasteiger partial charge >= 0.3 is 5.97 Å². The summed E-state index contributed by atoms with van der Waals surface area (Å²) in [5, 5.41) is 8.64. The molecule has 0 unspecified atom stereocenters. The van der Waals surface area contributed by atoms with Crippen molar-refractivity contribution in [2.24, 2.45) is 5.41 Å². The van der Waals surface area contributed by atoms with Crippen molar-refractivity contribution in [1.29, 1.82) is 5.26 Å². The molecule has 2 aromatic rings. The molecule has 0 radical (unpaired) electrons. The first-order valence-corrected chi connectivity index (χ1v) is 9.88. The molecule has 134 valence electrons. The lowest BCUT2D eigenvalue weighted by Gasteiger charge is -2.09. The van der Waals surface area contributed by atoms with Crippen LogP contribution in [0.5, 0.6) is 0 Å². The Balaban J connectivity index is 2.13. The van der Waals surface area contributed by atoms with Gasteiger partial charge in [0.15, 0.2) is 15.3 Å². The summed E-state index contributed by atoms with van der Waals surface area (Å²) in [6.07, 6.45) is 0. The van der Waals surface area contributed by atoms with Gasteiger partial charge in [-0.15, -0.1) is 0 Å². The summed E-state index contributed by atoms with van der Waals surface area (Å²) in [7, 11) is -3.88. The molecule has 1 fully saturated rings. The van der Waals surface area contributed by atoms with E-state index in [4.69, 9.17) is 4.74 Å². The fraction of sp³-hybridized carbons (Fsp3) is 0.300. The molecular formula is C20H19NO4S. The van der Waals surface area contributed by atoms with E-state index in [1.807, 2.05) is 25.1 Å². The number of hydrogen-bond donors (Lipinski definition) is 0. The van der Waals surface area contributed by atoms with E-state index in [1.165, 1.54) is 12.1 Å². The third-order valence-electron chi connectivity index (χ3n) is 4.77. The molecule has 6 heteroatoms. The smallest absolute Gasteiger partial charge is 0.328 e. The second-order valence-electron chi connectivity index (χ2n) is 6.37. The monoisotopic (exact) mass is 369 g/mol. The van der Waals surface area contributed by atoms with E-state index in [2.05, 4.69) is 0 Å². The molecule has 3 atom stereocenters. The second-order valence-corrected chi connectivity index (χ2v) is 8.44. The Morgan fingerprint density at radius 1 is 1.15 bits per heavy atom. The molecule has 0 bridgehead atoms. The van der Waals surface area contributed by atoms with Crippen LogP contribution in [0.15, 0.2) is 59.5 Å². The third-order valence-corrected chi connectivity index (χ3v) is 7.02. The molecule has 1 saturated carbocycles. The van der Waals surface area contributed by atoms with Crippen molar-refractivity contribution in [1.82, 2.24) is 0 Å². The average Bonchev–Trinajstić information content (AvgIpc) is 3.35. The minimum absolute atomic E-state index is 0.0843. The fourth-order valence-corrected chi connectivity index (χ4v) is 5.69. The first-order valence-electron chi connectivity index (χ1n) is 8.33. The van der Waals surface area contributed by atoms with Crippen molar-refractivity contribution < 1.29 is 17.9 Å². The Labute approximate surface area is 153 Å². The topological polar surface area (TPSA) is 84.2 Å². The molecular weight excluding hydrogens is 350 g/mol. The van der Waals surface area contributed by atoms with Crippen molar-refractivity contribution in [3.8, 4) is 6.07 Å². The van der Waals surface area contributed by atoms with Gasteiger partial charge in [0, 0.05) is 5.92 Å². The minimum Gasteiger partial charge on any atom is -0.465 e. The van der Waals surface area contributed by atoms with Crippen molar-refractivity contribution in [2.75, 3.05) is 6.61 Å². The van der Waals surface area contributed by atoms with Crippen LogP contribution in [0.25, 0.3) is 0 Å². The van der Waals surface area contributed by atoms with Crippen LogP contribution in [0, 0.1) is 23.7 Å². The highest BCUT2D eigenvalue weighted by atomic mass is 32.2. The lowest BCUT2D eigenvalue weighted by Crippen LogP contribution is -2.25. The van der Waals surface area contributed by atoms with Crippen LogP contribution in [-0.2, 0) is 19.4 Å². The van der Waals surface area contributed by atoms with Gasteiger partial charge in [0.2, 0.25) is 0 Å². The summed E-state index contributed by atoms with van der Waals surface area (Å²) < 4.78 is 31.4. The Kier molecular flexibility index (Phi) is 4.59. The van der Waals surface area contributed by atoms with Gasteiger partial charge in [-0.1, -0.05) is 48.0 Å².